The highest BCUT2D eigenvalue weighted by Gasteiger charge is 2.14. The van der Waals surface area contributed by atoms with Crippen molar-refractivity contribution >= 4 is 5.91 Å². The van der Waals surface area contributed by atoms with Gasteiger partial charge in [0.15, 0.2) is 6.61 Å². The molecule has 0 aliphatic carbocycles. The Morgan fingerprint density at radius 3 is 2.45 bits per heavy atom. The van der Waals surface area contributed by atoms with Crippen LogP contribution in [0.4, 0.5) is 0 Å². The Morgan fingerprint density at radius 1 is 0.966 bits per heavy atom. The monoisotopic (exact) mass is 399 g/mol. The van der Waals surface area contributed by atoms with E-state index < -0.39 is 0 Å². The predicted octanol–water partition coefficient (Wildman–Crippen LogP) is 4.23. The molecule has 0 aliphatic heterocycles. The van der Waals surface area contributed by atoms with Crippen molar-refractivity contribution in [2.24, 2.45) is 0 Å². The summed E-state index contributed by atoms with van der Waals surface area (Å²) in [5, 5.41) is 2.90. The molecule has 5 heteroatoms. The number of ether oxygens (including phenoxy) is 3. The van der Waals surface area contributed by atoms with Gasteiger partial charge in [-0.3, -0.25) is 4.79 Å². The van der Waals surface area contributed by atoms with Gasteiger partial charge >= 0.3 is 0 Å². The van der Waals surface area contributed by atoms with Crippen molar-refractivity contribution in [1.29, 1.82) is 0 Å². The van der Waals surface area contributed by atoms with Crippen LogP contribution in [-0.4, -0.2) is 32.3 Å². The summed E-state index contributed by atoms with van der Waals surface area (Å²) < 4.78 is 16.5. The highest BCUT2D eigenvalue weighted by molar-refractivity contribution is 5.77. The standard InChI is InChI=1S/C24H33NO4/c1-5-27-12-13-28-17-20-9-6-8-19(14-20)16-25-23(26)18-29-22-11-7-10-21(15-22)24(2,3)4/h6-11,14-15H,5,12-13,16-18H2,1-4H3,(H,25,26). The van der Waals surface area contributed by atoms with Crippen LogP contribution >= 0.6 is 0 Å². The van der Waals surface area contributed by atoms with Crippen LogP contribution in [0.2, 0.25) is 0 Å². The average Bonchev–Trinajstić information content (AvgIpc) is 2.70. The first-order valence-corrected chi connectivity index (χ1v) is 10.1. The van der Waals surface area contributed by atoms with Crippen LogP contribution in [-0.2, 0) is 32.8 Å². The van der Waals surface area contributed by atoms with E-state index in [4.69, 9.17) is 14.2 Å². The van der Waals surface area contributed by atoms with Crippen molar-refractivity contribution in [3.05, 3.63) is 65.2 Å². The van der Waals surface area contributed by atoms with E-state index in [1.807, 2.05) is 49.4 Å². The Labute approximate surface area is 174 Å². The number of carbonyl (C=O) groups excluding carboxylic acids is 1. The molecule has 0 heterocycles. The lowest BCUT2D eigenvalue weighted by molar-refractivity contribution is -0.123. The molecule has 0 spiro atoms. The van der Waals surface area contributed by atoms with Crippen molar-refractivity contribution in [2.75, 3.05) is 26.4 Å². The Kier molecular flexibility index (Phi) is 9.16. The zero-order chi connectivity index (χ0) is 21.1. The van der Waals surface area contributed by atoms with Gasteiger partial charge < -0.3 is 19.5 Å². The number of benzene rings is 2. The van der Waals surface area contributed by atoms with E-state index in [9.17, 15) is 4.79 Å². The predicted molar refractivity (Wildman–Crippen MR) is 115 cm³/mol. The van der Waals surface area contributed by atoms with Crippen molar-refractivity contribution in [3.8, 4) is 5.75 Å². The summed E-state index contributed by atoms with van der Waals surface area (Å²) >= 11 is 0. The zero-order valence-electron chi connectivity index (χ0n) is 18.0. The molecule has 0 unspecified atom stereocenters. The molecule has 0 radical (unpaired) electrons. The Bertz CT molecular complexity index is 767. The minimum absolute atomic E-state index is 0.00612. The molecule has 2 aromatic rings. The molecule has 0 saturated heterocycles. The Hall–Kier alpha value is -2.37. The molecule has 2 rings (SSSR count). The van der Waals surface area contributed by atoms with Gasteiger partial charge in [-0.2, -0.15) is 0 Å². The lowest BCUT2D eigenvalue weighted by atomic mass is 9.87. The molecule has 5 nitrogen and oxygen atoms in total. The third kappa shape index (κ3) is 8.67. The van der Waals surface area contributed by atoms with Crippen LogP contribution in [0.1, 0.15) is 44.4 Å². The number of nitrogens with one attached hydrogen (secondary N) is 1. The summed E-state index contributed by atoms with van der Waals surface area (Å²) in [5.41, 5.74) is 3.32. The van der Waals surface area contributed by atoms with Gasteiger partial charge in [-0.25, -0.2) is 0 Å². The van der Waals surface area contributed by atoms with Gasteiger partial charge in [-0.1, -0.05) is 57.2 Å². The zero-order valence-corrected chi connectivity index (χ0v) is 18.0. The van der Waals surface area contributed by atoms with Crippen molar-refractivity contribution in [3.63, 3.8) is 0 Å². The first kappa shape index (κ1) is 22.9. The maximum Gasteiger partial charge on any atom is 0.258 e. The molecule has 0 fully saturated rings. The van der Waals surface area contributed by atoms with Crippen molar-refractivity contribution in [1.82, 2.24) is 5.32 Å². The molecule has 2 aromatic carbocycles. The van der Waals surface area contributed by atoms with Crippen LogP contribution in [0.3, 0.4) is 0 Å². The molecule has 0 aromatic heterocycles. The molecule has 1 N–H and O–H groups in total. The highest BCUT2D eigenvalue weighted by atomic mass is 16.5. The fourth-order valence-corrected chi connectivity index (χ4v) is 2.73. The second-order valence-corrected chi connectivity index (χ2v) is 7.91. The first-order chi connectivity index (χ1) is 13.9. The van der Waals surface area contributed by atoms with E-state index in [2.05, 4.69) is 32.2 Å². The topological polar surface area (TPSA) is 56.8 Å². The van der Waals surface area contributed by atoms with Crippen LogP contribution in [0.25, 0.3) is 0 Å². The summed E-state index contributed by atoms with van der Waals surface area (Å²) in [6, 6.07) is 15.9. The Morgan fingerprint density at radius 2 is 1.69 bits per heavy atom. The fraction of sp³-hybridized carbons (Fsp3) is 0.458. The number of hydrogen-bond donors (Lipinski definition) is 1. The van der Waals surface area contributed by atoms with E-state index in [1.54, 1.807) is 0 Å². The first-order valence-electron chi connectivity index (χ1n) is 10.1. The summed E-state index contributed by atoms with van der Waals surface area (Å²) in [4.78, 5) is 12.2. The molecule has 158 valence electrons. The minimum Gasteiger partial charge on any atom is -0.484 e. The SMILES string of the molecule is CCOCCOCc1cccc(CNC(=O)COc2cccc(C(C)(C)C)c2)c1. The van der Waals surface area contributed by atoms with Gasteiger partial charge in [0.05, 0.1) is 19.8 Å². The van der Waals surface area contributed by atoms with Crippen LogP contribution in [0.15, 0.2) is 48.5 Å². The molecule has 29 heavy (non-hydrogen) atoms. The quantitative estimate of drug-likeness (QED) is 0.575. The van der Waals surface area contributed by atoms with Gasteiger partial charge in [-0.15, -0.1) is 0 Å². The van der Waals surface area contributed by atoms with E-state index in [-0.39, 0.29) is 17.9 Å². The van der Waals surface area contributed by atoms with Crippen molar-refractivity contribution < 1.29 is 19.0 Å². The van der Waals surface area contributed by atoms with Crippen molar-refractivity contribution in [2.45, 2.75) is 46.3 Å². The number of rotatable bonds is 11. The third-order valence-corrected chi connectivity index (χ3v) is 4.40. The molecule has 0 atom stereocenters. The average molecular weight is 400 g/mol. The van der Waals surface area contributed by atoms with Gasteiger partial charge in [0, 0.05) is 13.2 Å². The van der Waals surface area contributed by atoms with Crippen LogP contribution in [0.5, 0.6) is 5.75 Å². The number of carbonyl (C=O) groups is 1. The second-order valence-electron chi connectivity index (χ2n) is 7.91. The van der Waals surface area contributed by atoms with Gasteiger partial charge in [0.2, 0.25) is 0 Å². The van der Waals surface area contributed by atoms with E-state index in [1.165, 1.54) is 5.56 Å². The smallest absolute Gasteiger partial charge is 0.258 e. The fourth-order valence-electron chi connectivity index (χ4n) is 2.73. The van der Waals surface area contributed by atoms with E-state index in [0.29, 0.717) is 38.7 Å². The number of hydrogen-bond acceptors (Lipinski definition) is 4. The molecule has 1 amide bonds. The van der Waals surface area contributed by atoms with E-state index >= 15 is 0 Å². The minimum atomic E-state index is -0.149. The second kappa shape index (κ2) is 11.6. The summed E-state index contributed by atoms with van der Waals surface area (Å²) in [7, 11) is 0. The number of amides is 1. The summed E-state index contributed by atoms with van der Waals surface area (Å²) in [6.07, 6.45) is 0. The largest absolute Gasteiger partial charge is 0.484 e. The van der Waals surface area contributed by atoms with Crippen LogP contribution < -0.4 is 10.1 Å². The Balaban J connectivity index is 1.76. The maximum absolute atomic E-state index is 12.2. The van der Waals surface area contributed by atoms with Gasteiger partial charge in [-0.05, 0) is 41.2 Å². The maximum atomic E-state index is 12.2. The van der Waals surface area contributed by atoms with Crippen LogP contribution in [0, 0.1) is 0 Å². The summed E-state index contributed by atoms with van der Waals surface area (Å²) in [5.74, 6) is 0.559. The molecule has 0 aliphatic rings. The normalized spacial score (nSPS) is 11.3. The third-order valence-electron chi connectivity index (χ3n) is 4.40. The lowest BCUT2D eigenvalue weighted by Gasteiger charge is -2.19. The van der Waals surface area contributed by atoms with Gasteiger partial charge in [0.1, 0.15) is 5.75 Å². The highest BCUT2D eigenvalue weighted by Crippen LogP contribution is 2.25. The molecular formula is C24H33NO4. The lowest BCUT2D eigenvalue weighted by Crippen LogP contribution is -2.28. The molecule has 0 bridgehead atoms. The summed E-state index contributed by atoms with van der Waals surface area (Å²) in [6.45, 7) is 11.3. The van der Waals surface area contributed by atoms with Gasteiger partial charge in [0.25, 0.3) is 5.91 Å². The van der Waals surface area contributed by atoms with E-state index in [0.717, 1.165) is 11.1 Å². The molecular weight excluding hydrogens is 366 g/mol. The molecule has 0 saturated carbocycles.